The van der Waals surface area contributed by atoms with Crippen molar-refractivity contribution in [3.63, 3.8) is 0 Å². The van der Waals surface area contributed by atoms with Crippen LogP contribution < -0.4 is 0 Å². The molecule has 3 N–H and O–H groups in total. The molecule has 1 aliphatic heterocycles. The molecule has 0 aromatic heterocycles. The monoisotopic (exact) mass is 343 g/mol. The number of aliphatic hydroxyl groups excluding tert-OH is 1. The third kappa shape index (κ3) is 3.19. The van der Waals surface area contributed by atoms with Crippen LogP contribution in [0.5, 0.6) is 5.75 Å². The van der Waals surface area contributed by atoms with Gasteiger partial charge in [0.05, 0.1) is 12.1 Å². The van der Waals surface area contributed by atoms with E-state index in [1.165, 1.54) is 16.4 Å². The van der Waals surface area contributed by atoms with E-state index in [0.29, 0.717) is 24.8 Å². The number of benzene rings is 1. The molecule has 0 saturated carbocycles. The lowest BCUT2D eigenvalue weighted by atomic mass is 10.1. The Kier molecular flexibility index (Phi) is 4.98. The third-order valence-corrected chi connectivity index (χ3v) is 6.08. The van der Waals surface area contributed by atoms with Crippen LogP contribution >= 0.6 is 0 Å². The molecule has 23 heavy (non-hydrogen) atoms. The fraction of sp³-hybridized carbons (Fsp3) is 0.533. The molecule has 1 heterocycles. The molecule has 0 bridgehead atoms. The van der Waals surface area contributed by atoms with Gasteiger partial charge in [0.15, 0.2) is 0 Å². The number of hydrogen-bond acceptors (Lipinski definition) is 5. The standard InChI is InChI=1S/C15H21NO6S/c1-3-12(17)11-5-4-6-16(11)23(21,22)13-8-9(2)7-10(14(13)18)15(19)20/h7-8,11-12,17-18H,3-6H2,1-2H3,(H,19,20)/t11-,12?/m0/s1. The molecular weight excluding hydrogens is 322 g/mol. The van der Waals surface area contributed by atoms with Crippen molar-refractivity contribution < 1.29 is 28.5 Å². The van der Waals surface area contributed by atoms with E-state index in [1.807, 2.05) is 0 Å². The molecule has 0 radical (unpaired) electrons. The minimum Gasteiger partial charge on any atom is -0.506 e. The molecule has 1 aliphatic rings. The average molecular weight is 343 g/mol. The topological polar surface area (TPSA) is 115 Å². The lowest BCUT2D eigenvalue weighted by molar-refractivity contribution is 0.0693. The Hall–Kier alpha value is -1.64. The number of aromatic hydroxyl groups is 1. The number of carboxylic acid groups (broad SMARTS) is 1. The summed E-state index contributed by atoms with van der Waals surface area (Å²) in [4.78, 5) is 10.8. The Morgan fingerprint density at radius 3 is 2.65 bits per heavy atom. The number of rotatable bonds is 5. The van der Waals surface area contributed by atoms with Crippen molar-refractivity contribution in [2.45, 2.75) is 50.2 Å². The number of carboxylic acids is 1. The summed E-state index contributed by atoms with van der Waals surface area (Å²) in [7, 11) is -4.09. The Morgan fingerprint density at radius 2 is 2.09 bits per heavy atom. The first-order valence-corrected chi connectivity index (χ1v) is 8.91. The van der Waals surface area contributed by atoms with Gasteiger partial charge in [0.25, 0.3) is 0 Å². The minimum absolute atomic E-state index is 0.236. The number of nitrogens with zero attached hydrogens (tertiary/aromatic N) is 1. The summed E-state index contributed by atoms with van der Waals surface area (Å²) in [5.74, 6) is -2.16. The summed E-state index contributed by atoms with van der Waals surface area (Å²) in [5, 5.41) is 29.3. The van der Waals surface area contributed by atoms with Crippen molar-refractivity contribution in [1.29, 1.82) is 0 Å². The second kappa shape index (κ2) is 6.46. The first kappa shape index (κ1) is 17.7. The first-order chi connectivity index (χ1) is 10.7. The molecule has 8 heteroatoms. The predicted octanol–water partition coefficient (Wildman–Crippen LogP) is 1.32. The van der Waals surface area contributed by atoms with Crippen molar-refractivity contribution in [3.8, 4) is 5.75 Å². The van der Waals surface area contributed by atoms with Gasteiger partial charge in [-0.2, -0.15) is 4.31 Å². The lowest BCUT2D eigenvalue weighted by Crippen LogP contribution is -2.42. The fourth-order valence-electron chi connectivity index (χ4n) is 2.95. The van der Waals surface area contributed by atoms with Gasteiger partial charge in [-0.25, -0.2) is 13.2 Å². The predicted molar refractivity (Wildman–Crippen MR) is 83.0 cm³/mol. The van der Waals surface area contributed by atoms with Crippen LogP contribution in [0.4, 0.5) is 0 Å². The highest BCUT2D eigenvalue weighted by Gasteiger charge is 2.40. The molecule has 0 amide bonds. The van der Waals surface area contributed by atoms with Gasteiger partial charge < -0.3 is 15.3 Å². The van der Waals surface area contributed by atoms with E-state index in [4.69, 9.17) is 5.11 Å². The third-order valence-electron chi connectivity index (χ3n) is 4.15. The van der Waals surface area contributed by atoms with Crippen molar-refractivity contribution in [3.05, 3.63) is 23.3 Å². The Bertz CT molecular complexity index is 715. The largest absolute Gasteiger partial charge is 0.506 e. The van der Waals surface area contributed by atoms with Gasteiger partial charge in [0, 0.05) is 6.54 Å². The maximum atomic E-state index is 12.9. The molecule has 7 nitrogen and oxygen atoms in total. The number of sulfonamides is 1. The molecule has 1 unspecified atom stereocenters. The van der Waals surface area contributed by atoms with E-state index in [0.717, 1.165) is 0 Å². The zero-order chi connectivity index (χ0) is 17.4. The molecule has 1 aromatic rings. The number of hydrogen-bond donors (Lipinski definition) is 3. The van der Waals surface area contributed by atoms with Crippen LogP contribution in [0.3, 0.4) is 0 Å². The van der Waals surface area contributed by atoms with Gasteiger partial charge in [-0.15, -0.1) is 0 Å². The SMILES string of the molecule is CCC(O)[C@@H]1CCCN1S(=O)(=O)c1cc(C)cc(C(=O)O)c1O. The maximum Gasteiger partial charge on any atom is 0.339 e. The van der Waals surface area contributed by atoms with E-state index in [2.05, 4.69) is 0 Å². The van der Waals surface area contributed by atoms with Crippen LogP contribution in [-0.4, -0.2) is 52.7 Å². The number of phenols is 1. The summed E-state index contributed by atoms with van der Waals surface area (Å²) in [6.45, 7) is 3.56. The van der Waals surface area contributed by atoms with Crippen molar-refractivity contribution in [1.82, 2.24) is 4.31 Å². The number of aliphatic hydroxyl groups is 1. The Morgan fingerprint density at radius 1 is 1.43 bits per heavy atom. The Labute approximate surface area is 135 Å². The van der Waals surface area contributed by atoms with Crippen LogP contribution in [0.15, 0.2) is 17.0 Å². The Balaban J connectivity index is 2.54. The normalized spacial score (nSPS) is 20.6. The van der Waals surface area contributed by atoms with Gasteiger partial charge in [0.2, 0.25) is 10.0 Å². The number of carbonyl (C=O) groups is 1. The zero-order valence-electron chi connectivity index (χ0n) is 13.1. The molecule has 2 rings (SSSR count). The second-order valence-corrected chi connectivity index (χ2v) is 7.62. The van der Waals surface area contributed by atoms with E-state index in [9.17, 15) is 23.4 Å². The number of aromatic carboxylic acids is 1. The van der Waals surface area contributed by atoms with E-state index in [-0.39, 0.29) is 6.54 Å². The maximum absolute atomic E-state index is 12.9. The summed E-state index contributed by atoms with van der Waals surface area (Å²) in [5.41, 5.74) is -0.0269. The summed E-state index contributed by atoms with van der Waals surface area (Å²) < 4.78 is 26.9. The van der Waals surface area contributed by atoms with Crippen molar-refractivity contribution >= 4 is 16.0 Å². The van der Waals surface area contributed by atoms with Gasteiger partial charge >= 0.3 is 5.97 Å². The fourth-order valence-corrected chi connectivity index (χ4v) is 4.87. The molecule has 1 aromatic carbocycles. The van der Waals surface area contributed by atoms with Gasteiger partial charge in [-0.05, 0) is 43.9 Å². The van der Waals surface area contributed by atoms with Crippen LogP contribution in [0, 0.1) is 6.92 Å². The van der Waals surface area contributed by atoms with E-state index < -0.39 is 44.3 Å². The van der Waals surface area contributed by atoms with Gasteiger partial charge in [-0.1, -0.05) is 6.92 Å². The van der Waals surface area contributed by atoms with E-state index >= 15 is 0 Å². The quantitative estimate of drug-likeness (QED) is 0.743. The number of aryl methyl sites for hydroxylation is 1. The van der Waals surface area contributed by atoms with Crippen molar-refractivity contribution in [2.24, 2.45) is 0 Å². The van der Waals surface area contributed by atoms with Crippen LogP contribution in [0.25, 0.3) is 0 Å². The van der Waals surface area contributed by atoms with Gasteiger partial charge in [-0.3, -0.25) is 0 Å². The minimum atomic E-state index is -4.09. The van der Waals surface area contributed by atoms with Gasteiger partial charge in [0.1, 0.15) is 16.2 Å². The summed E-state index contributed by atoms with van der Waals surface area (Å²) in [6, 6.07) is 1.92. The lowest BCUT2D eigenvalue weighted by Gasteiger charge is -2.28. The molecule has 128 valence electrons. The zero-order valence-corrected chi connectivity index (χ0v) is 13.9. The van der Waals surface area contributed by atoms with Crippen LogP contribution in [0.2, 0.25) is 0 Å². The van der Waals surface area contributed by atoms with E-state index in [1.54, 1.807) is 13.8 Å². The summed E-state index contributed by atoms with van der Waals surface area (Å²) in [6.07, 6.45) is 0.765. The first-order valence-electron chi connectivity index (χ1n) is 7.47. The second-order valence-electron chi connectivity index (χ2n) is 5.77. The summed E-state index contributed by atoms with van der Waals surface area (Å²) >= 11 is 0. The van der Waals surface area contributed by atoms with Crippen LogP contribution in [0.1, 0.15) is 42.1 Å². The highest BCUT2D eigenvalue weighted by atomic mass is 32.2. The van der Waals surface area contributed by atoms with Crippen molar-refractivity contribution in [2.75, 3.05) is 6.54 Å². The molecule has 1 fully saturated rings. The highest BCUT2D eigenvalue weighted by Crippen LogP contribution is 2.35. The smallest absolute Gasteiger partial charge is 0.339 e. The highest BCUT2D eigenvalue weighted by molar-refractivity contribution is 7.89. The molecule has 0 aliphatic carbocycles. The van der Waals surface area contributed by atoms with Crippen LogP contribution in [-0.2, 0) is 10.0 Å². The average Bonchev–Trinajstić information content (AvgIpc) is 2.98. The molecular formula is C15H21NO6S. The molecule has 1 saturated heterocycles. The molecule has 2 atom stereocenters. The molecule has 0 spiro atoms.